The Hall–Kier alpha value is -3.08. The summed E-state index contributed by atoms with van der Waals surface area (Å²) in [6.07, 6.45) is 5.94. The van der Waals surface area contributed by atoms with Crippen molar-refractivity contribution in [1.82, 2.24) is 20.7 Å². The fourth-order valence-corrected chi connectivity index (χ4v) is 4.76. The second-order valence-electron chi connectivity index (χ2n) is 8.70. The third-order valence-electron chi connectivity index (χ3n) is 6.41. The van der Waals surface area contributed by atoms with Gasteiger partial charge in [-0.25, -0.2) is 8.78 Å². The molecule has 1 aliphatic rings. The molecule has 36 heavy (non-hydrogen) atoms. The Labute approximate surface area is 216 Å². The summed E-state index contributed by atoms with van der Waals surface area (Å²) >= 11 is 3.13. The number of piperidine rings is 1. The van der Waals surface area contributed by atoms with Crippen LogP contribution in [0.3, 0.4) is 0 Å². The number of nitrogens with one attached hydrogen (secondary N) is 3. The zero-order valence-corrected chi connectivity index (χ0v) is 21.3. The van der Waals surface area contributed by atoms with E-state index in [2.05, 4.69) is 31.5 Å². The van der Waals surface area contributed by atoms with Crippen LogP contribution in [0, 0.1) is 11.6 Å². The molecule has 1 saturated heterocycles. The molecule has 7 nitrogen and oxygen atoms in total. The predicted molar refractivity (Wildman–Crippen MR) is 137 cm³/mol. The number of hydrogen-bond acceptors (Lipinski definition) is 4. The van der Waals surface area contributed by atoms with Crippen LogP contribution in [0.25, 0.3) is 17.0 Å². The summed E-state index contributed by atoms with van der Waals surface area (Å²) in [4.78, 5) is 34.5. The molecular formula is C26H27BrF2N4O3. The molecule has 0 saturated carbocycles. The number of nitrogens with zero attached hydrogens (tertiary/aromatic N) is 1. The molecule has 2 amide bonds. The Bertz CT molecular complexity index is 1290. The highest BCUT2D eigenvalue weighted by molar-refractivity contribution is 9.10. The maximum Gasteiger partial charge on any atom is 0.245 e. The zero-order chi connectivity index (χ0) is 25.7. The maximum absolute atomic E-state index is 13.7. The van der Waals surface area contributed by atoms with Crippen LogP contribution in [0.2, 0.25) is 0 Å². The van der Waals surface area contributed by atoms with Crippen LogP contribution < -0.4 is 10.6 Å². The molecule has 190 valence electrons. The van der Waals surface area contributed by atoms with Gasteiger partial charge in [-0.05, 0) is 82.7 Å². The van der Waals surface area contributed by atoms with Crippen LogP contribution >= 0.6 is 15.9 Å². The van der Waals surface area contributed by atoms with Gasteiger partial charge in [-0.2, -0.15) is 5.06 Å². The van der Waals surface area contributed by atoms with E-state index in [1.807, 2.05) is 6.20 Å². The van der Waals surface area contributed by atoms with E-state index in [-0.39, 0.29) is 11.7 Å². The van der Waals surface area contributed by atoms with E-state index in [9.17, 15) is 18.4 Å². The summed E-state index contributed by atoms with van der Waals surface area (Å²) in [5, 5.41) is 8.35. The largest absolute Gasteiger partial charge is 0.361 e. The molecule has 0 bridgehead atoms. The molecule has 4 rings (SSSR count). The molecular weight excluding hydrogens is 534 g/mol. The number of aromatic nitrogens is 1. The molecule has 3 N–H and O–H groups in total. The molecule has 0 atom stereocenters. The second kappa shape index (κ2) is 11.3. The first-order valence-corrected chi connectivity index (χ1v) is 12.4. The predicted octanol–water partition coefficient (Wildman–Crippen LogP) is 4.09. The van der Waals surface area contributed by atoms with Gasteiger partial charge in [0.15, 0.2) is 0 Å². The lowest BCUT2D eigenvalue weighted by Gasteiger charge is -2.39. The van der Waals surface area contributed by atoms with Gasteiger partial charge in [-0.1, -0.05) is 6.07 Å². The Morgan fingerprint density at radius 3 is 2.69 bits per heavy atom. The van der Waals surface area contributed by atoms with E-state index < -0.39 is 17.3 Å². The summed E-state index contributed by atoms with van der Waals surface area (Å²) in [6, 6.07) is 8.97. The Morgan fingerprint density at radius 2 is 1.97 bits per heavy atom. The number of rotatable bonds is 8. The number of benzene rings is 2. The number of carbonyl (C=O) groups is 2. The number of carbonyl (C=O) groups excluding carboxylic acids is 2. The monoisotopic (exact) mass is 560 g/mol. The summed E-state index contributed by atoms with van der Waals surface area (Å²) in [5.41, 5.74) is 1.26. The van der Waals surface area contributed by atoms with E-state index >= 15 is 0 Å². The highest BCUT2D eigenvalue weighted by atomic mass is 79.9. The lowest BCUT2D eigenvalue weighted by molar-refractivity contribution is -0.161. The first-order valence-electron chi connectivity index (χ1n) is 11.6. The highest BCUT2D eigenvalue weighted by Gasteiger charge is 2.42. The third-order valence-corrected chi connectivity index (χ3v) is 7.02. The lowest BCUT2D eigenvalue weighted by atomic mass is 9.86. The molecule has 0 unspecified atom stereocenters. The summed E-state index contributed by atoms with van der Waals surface area (Å²) < 4.78 is 27.4. The average Bonchev–Trinajstić information content (AvgIpc) is 3.27. The van der Waals surface area contributed by atoms with Gasteiger partial charge in [-0.3, -0.25) is 9.59 Å². The van der Waals surface area contributed by atoms with Crippen LogP contribution in [0.1, 0.15) is 24.0 Å². The normalized spacial score (nSPS) is 15.9. The minimum absolute atomic E-state index is 0.282. The molecule has 10 heteroatoms. The third kappa shape index (κ3) is 6.00. The van der Waals surface area contributed by atoms with Gasteiger partial charge < -0.3 is 20.5 Å². The van der Waals surface area contributed by atoms with Gasteiger partial charge in [0.2, 0.25) is 11.8 Å². The number of H-pyrrole nitrogens is 1. The minimum Gasteiger partial charge on any atom is -0.361 e. The van der Waals surface area contributed by atoms with Gasteiger partial charge in [-0.15, -0.1) is 0 Å². The maximum atomic E-state index is 13.7. The number of halogens is 3. The molecule has 2 heterocycles. The van der Waals surface area contributed by atoms with Crippen LogP contribution in [0.15, 0.2) is 53.1 Å². The molecule has 1 aliphatic heterocycles. The zero-order valence-electron chi connectivity index (χ0n) is 19.7. The molecule has 0 radical (unpaired) electrons. The van der Waals surface area contributed by atoms with Gasteiger partial charge in [0.1, 0.15) is 17.2 Å². The standard InChI is InChI=1S/C26H27BrF2N4O3/c1-36-33-12-9-26(10-13-33,32-24(34)7-3-17-2-5-22(29)21(27)14-17)25(35)30-11-8-18-16-31-23-6-4-19(28)15-20(18)23/h2-7,14-16,31H,8-13H2,1H3,(H,30,35)(H,32,34)/b7-3+. The van der Waals surface area contributed by atoms with Crippen molar-refractivity contribution in [2.45, 2.75) is 24.8 Å². The molecule has 1 aromatic heterocycles. The summed E-state index contributed by atoms with van der Waals surface area (Å²) in [7, 11) is 1.57. The molecule has 0 aliphatic carbocycles. The van der Waals surface area contributed by atoms with Crippen LogP contribution in [-0.2, 0) is 20.8 Å². The summed E-state index contributed by atoms with van der Waals surface area (Å²) in [5.74, 6) is -1.42. The van der Waals surface area contributed by atoms with Gasteiger partial charge in [0.25, 0.3) is 0 Å². The molecule has 2 aromatic carbocycles. The number of hydroxylamine groups is 2. The number of fused-ring (bicyclic) bond motifs is 1. The van der Waals surface area contributed by atoms with Crippen molar-refractivity contribution in [2.24, 2.45) is 0 Å². The second-order valence-corrected chi connectivity index (χ2v) is 9.55. The van der Waals surface area contributed by atoms with Crippen molar-refractivity contribution < 1.29 is 23.2 Å². The van der Waals surface area contributed by atoms with Crippen molar-refractivity contribution >= 4 is 44.7 Å². The summed E-state index contributed by atoms with van der Waals surface area (Å²) in [6.45, 7) is 1.27. The first kappa shape index (κ1) is 26.0. The SMILES string of the molecule is CON1CCC(NC(=O)/C=C/c2ccc(F)c(Br)c2)(C(=O)NCCc2c[nH]c3ccc(F)cc23)CC1. The van der Waals surface area contributed by atoms with Crippen LogP contribution in [-0.4, -0.2) is 54.1 Å². The fourth-order valence-electron chi connectivity index (χ4n) is 4.36. The van der Waals surface area contributed by atoms with Crippen molar-refractivity contribution in [3.05, 3.63) is 75.9 Å². The van der Waals surface area contributed by atoms with Gasteiger partial charge in [0.05, 0.1) is 11.6 Å². The van der Waals surface area contributed by atoms with E-state index in [0.717, 1.165) is 16.5 Å². The highest BCUT2D eigenvalue weighted by Crippen LogP contribution is 2.24. The quantitative estimate of drug-likeness (QED) is 0.362. The van der Waals surface area contributed by atoms with Crippen LogP contribution in [0.4, 0.5) is 8.78 Å². The molecule has 1 fully saturated rings. The Kier molecular flexibility index (Phi) is 8.17. The minimum atomic E-state index is -1.11. The smallest absolute Gasteiger partial charge is 0.245 e. The first-order chi connectivity index (χ1) is 17.3. The van der Waals surface area contributed by atoms with Crippen molar-refractivity contribution in [3.8, 4) is 0 Å². The Morgan fingerprint density at radius 1 is 1.19 bits per heavy atom. The van der Waals surface area contributed by atoms with Gasteiger partial charge >= 0.3 is 0 Å². The van der Waals surface area contributed by atoms with Crippen molar-refractivity contribution in [2.75, 3.05) is 26.7 Å². The molecule has 3 aromatic rings. The average molecular weight is 561 g/mol. The van der Waals surface area contributed by atoms with E-state index in [1.165, 1.54) is 24.3 Å². The number of amides is 2. The Balaban J connectivity index is 1.42. The van der Waals surface area contributed by atoms with Gasteiger partial charge in [0, 0.05) is 42.8 Å². The number of hydrogen-bond donors (Lipinski definition) is 3. The number of aromatic amines is 1. The molecule has 0 spiro atoms. The van der Waals surface area contributed by atoms with Crippen LogP contribution in [0.5, 0.6) is 0 Å². The lowest BCUT2D eigenvalue weighted by Crippen LogP contribution is -2.63. The van der Waals surface area contributed by atoms with E-state index in [4.69, 9.17) is 4.84 Å². The van der Waals surface area contributed by atoms with Crippen molar-refractivity contribution in [1.29, 1.82) is 0 Å². The van der Waals surface area contributed by atoms with E-state index in [1.54, 1.807) is 36.4 Å². The van der Waals surface area contributed by atoms with E-state index in [0.29, 0.717) is 48.9 Å². The fraction of sp³-hybridized carbons (Fsp3) is 0.308. The van der Waals surface area contributed by atoms with Crippen molar-refractivity contribution in [3.63, 3.8) is 0 Å². The topological polar surface area (TPSA) is 86.5 Å².